The van der Waals surface area contributed by atoms with Gasteiger partial charge in [0.1, 0.15) is 12.4 Å². The van der Waals surface area contributed by atoms with Gasteiger partial charge in [0.15, 0.2) is 0 Å². The lowest BCUT2D eigenvalue weighted by Crippen LogP contribution is -2.49. The topological polar surface area (TPSA) is 45.6 Å². The highest BCUT2D eigenvalue weighted by Gasteiger charge is 2.34. The molecule has 0 saturated heterocycles. The number of hydrogen-bond acceptors (Lipinski definition) is 2. The highest BCUT2D eigenvalue weighted by atomic mass is 19.1. The lowest BCUT2D eigenvalue weighted by Gasteiger charge is -2.39. The third-order valence-electron chi connectivity index (χ3n) is 5.36. The standard InChI is InChI=1S/C23H30FN3O2/c1-16(2)13-21(28)27(17(3)4)15-22(29)26-12-11-25-10-6-9-20(25)23(26)18-7-5-8-19(24)14-18/h5-10,14,16-17,23H,11-13,15H2,1-4H3. The minimum atomic E-state index is -0.365. The number of fused-ring (bicyclic) bond motifs is 1. The number of amides is 2. The molecule has 0 fully saturated rings. The highest BCUT2D eigenvalue weighted by molar-refractivity contribution is 5.85. The summed E-state index contributed by atoms with van der Waals surface area (Å²) >= 11 is 0. The van der Waals surface area contributed by atoms with Crippen molar-refractivity contribution in [3.05, 3.63) is 59.7 Å². The van der Waals surface area contributed by atoms with Gasteiger partial charge >= 0.3 is 0 Å². The van der Waals surface area contributed by atoms with Gasteiger partial charge < -0.3 is 14.4 Å². The number of nitrogens with zero attached hydrogens (tertiary/aromatic N) is 3. The average molecular weight is 400 g/mol. The van der Waals surface area contributed by atoms with E-state index in [-0.39, 0.29) is 42.2 Å². The van der Waals surface area contributed by atoms with Crippen molar-refractivity contribution >= 4 is 11.8 Å². The molecule has 5 nitrogen and oxygen atoms in total. The maximum atomic E-state index is 13.9. The number of aromatic nitrogens is 1. The van der Waals surface area contributed by atoms with Crippen LogP contribution in [0.2, 0.25) is 0 Å². The second-order valence-electron chi connectivity index (χ2n) is 8.38. The van der Waals surface area contributed by atoms with Crippen molar-refractivity contribution in [3.63, 3.8) is 0 Å². The number of rotatable bonds is 6. The average Bonchev–Trinajstić information content (AvgIpc) is 3.12. The Labute approximate surface area is 172 Å². The fourth-order valence-electron chi connectivity index (χ4n) is 3.94. The maximum absolute atomic E-state index is 13.9. The molecule has 2 amide bonds. The molecule has 1 aliphatic rings. The minimum absolute atomic E-state index is 0.00830. The Bertz CT molecular complexity index is 875. The summed E-state index contributed by atoms with van der Waals surface area (Å²) in [5.41, 5.74) is 1.70. The van der Waals surface area contributed by atoms with Crippen molar-refractivity contribution in [2.75, 3.05) is 13.1 Å². The van der Waals surface area contributed by atoms with Crippen LogP contribution in [0.4, 0.5) is 4.39 Å². The molecule has 6 heteroatoms. The van der Waals surface area contributed by atoms with Crippen LogP contribution in [-0.4, -0.2) is 45.3 Å². The van der Waals surface area contributed by atoms with Gasteiger partial charge in [-0.2, -0.15) is 0 Å². The van der Waals surface area contributed by atoms with E-state index in [1.165, 1.54) is 12.1 Å². The summed E-state index contributed by atoms with van der Waals surface area (Å²) in [5.74, 6) is -0.213. The molecule has 1 aromatic heterocycles. The van der Waals surface area contributed by atoms with Crippen LogP contribution in [0.5, 0.6) is 0 Å². The Morgan fingerprint density at radius 2 is 1.90 bits per heavy atom. The van der Waals surface area contributed by atoms with Crippen molar-refractivity contribution in [2.24, 2.45) is 5.92 Å². The van der Waals surface area contributed by atoms with Crippen molar-refractivity contribution in [2.45, 2.75) is 52.7 Å². The van der Waals surface area contributed by atoms with Crippen molar-refractivity contribution in [1.29, 1.82) is 0 Å². The summed E-state index contributed by atoms with van der Waals surface area (Å²) in [7, 11) is 0. The Hall–Kier alpha value is -2.63. The summed E-state index contributed by atoms with van der Waals surface area (Å²) in [4.78, 5) is 29.4. The van der Waals surface area contributed by atoms with Crippen LogP contribution in [0.25, 0.3) is 0 Å². The lowest BCUT2D eigenvalue weighted by atomic mass is 9.99. The van der Waals surface area contributed by atoms with Gasteiger partial charge in [-0.3, -0.25) is 9.59 Å². The quantitative estimate of drug-likeness (QED) is 0.741. The second-order valence-corrected chi connectivity index (χ2v) is 8.38. The first-order valence-electron chi connectivity index (χ1n) is 10.3. The highest BCUT2D eigenvalue weighted by Crippen LogP contribution is 2.33. The molecular weight excluding hydrogens is 369 g/mol. The first-order chi connectivity index (χ1) is 13.8. The molecule has 0 bridgehead atoms. The Balaban J connectivity index is 1.89. The summed E-state index contributed by atoms with van der Waals surface area (Å²) in [5, 5.41) is 0. The number of benzene rings is 1. The molecule has 3 rings (SSSR count). The normalized spacial score (nSPS) is 16.2. The third kappa shape index (κ3) is 4.69. The minimum Gasteiger partial charge on any atom is -0.348 e. The van der Waals surface area contributed by atoms with E-state index in [0.29, 0.717) is 19.5 Å². The molecule has 2 heterocycles. The van der Waals surface area contributed by atoms with Gasteiger partial charge in [0.05, 0.1) is 6.04 Å². The number of halogens is 1. The number of carbonyl (C=O) groups is 2. The molecule has 1 aromatic carbocycles. The lowest BCUT2D eigenvalue weighted by molar-refractivity contribution is -0.144. The summed E-state index contributed by atoms with van der Waals surface area (Å²) < 4.78 is 16.0. The van der Waals surface area contributed by atoms with Crippen LogP contribution >= 0.6 is 0 Å². The monoisotopic (exact) mass is 399 g/mol. The Morgan fingerprint density at radius 3 is 2.55 bits per heavy atom. The fraction of sp³-hybridized carbons (Fsp3) is 0.478. The van der Waals surface area contributed by atoms with E-state index in [1.807, 2.05) is 52.1 Å². The molecule has 0 N–H and O–H groups in total. The van der Waals surface area contributed by atoms with Gasteiger partial charge in [-0.1, -0.05) is 26.0 Å². The summed E-state index contributed by atoms with van der Waals surface area (Å²) in [6.07, 6.45) is 2.40. The first kappa shape index (κ1) is 21.1. The third-order valence-corrected chi connectivity index (χ3v) is 5.36. The van der Waals surface area contributed by atoms with Crippen LogP contribution in [0, 0.1) is 11.7 Å². The van der Waals surface area contributed by atoms with Crippen molar-refractivity contribution < 1.29 is 14.0 Å². The van der Waals surface area contributed by atoms with Crippen LogP contribution in [-0.2, 0) is 16.1 Å². The van der Waals surface area contributed by atoms with Crippen molar-refractivity contribution in [3.8, 4) is 0 Å². The summed E-state index contributed by atoms with van der Waals surface area (Å²) in [6, 6.07) is 9.90. The number of carbonyl (C=O) groups excluding carboxylic acids is 2. The van der Waals surface area contributed by atoms with Crippen LogP contribution in [0.15, 0.2) is 42.6 Å². The number of hydrogen-bond donors (Lipinski definition) is 0. The van der Waals surface area contributed by atoms with Gasteiger partial charge in [0.25, 0.3) is 0 Å². The molecule has 1 unspecified atom stereocenters. The molecular formula is C23H30FN3O2. The zero-order chi connectivity index (χ0) is 21.1. The smallest absolute Gasteiger partial charge is 0.243 e. The molecule has 1 atom stereocenters. The van der Waals surface area contributed by atoms with Gasteiger partial charge in [0.2, 0.25) is 11.8 Å². The van der Waals surface area contributed by atoms with Crippen molar-refractivity contribution in [1.82, 2.24) is 14.4 Å². The molecule has 2 aromatic rings. The first-order valence-corrected chi connectivity index (χ1v) is 10.3. The van der Waals surface area contributed by atoms with E-state index in [9.17, 15) is 14.0 Å². The fourth-order valence-corrected chi connectivity index (χ4v) is 3.94. The maximum Gasteiger partial charge on any atom is 0.243 e. The molecule has 0 radical (unpaired) electrons. The molecule has 156 valence electrons. The van der Waals surface area contributed by atoms with Gasteiger partial charge in [-0.25, -0.2) is 4.39 Å². The Morgan fingerprint density at radius 1 is 1.14 bits per heavy atom. The van der Waals surface area contributed by atoms with Gasteiger partial charge in [-0.05, 0) is 49.6 Å². The van der Waals surface area contributed by atoms with E-state index in [2.05, 4.69) is 4.57 Å². The van der Waals surface area contributed by atoms with Gasteiger partial charge in [0, 0.05) is 37.4 Å². The largest absolute Gasteiger partial charge is 0.348 e. The molecule has 0 spiro atoms. The van der Waals surface area contributed by atoms with Crippen LogP contribution < -0.4 is 0 Å². The predicted octanol–water partition coefficient (Wildman–Crippen LogP) is 3.84. The van der Waals surface area contributed by atoms with E-state index in [1.54, 1.807) is 15.9 Å². The Kier molecular flexibility index (Phi) is 6.40. The van der Waals surface area contributed by atoms with E-state index < -0.39 is 0 Å². The second kappa shape index (κ2) is 8.80. The predicted molar refractivity (Wildman–Crippen MR) is 111 cm³/mol. The molecule has 0 saturated carbocycles. The van der Waals surface area contributed by atoms with Crippen LogP contribution in [0.1, 0.15) is 51.4 Å². The van der Waals surface area contributed by atoms with Crippen LogP contribution in [0.3, 0.4) is 0 Å². The molecule has 0 aliphatic carbocycles. The molecule has 29 heavy (non-hydrogen) atoms. The van der Waals surface area contributed by atoms with E-state index >= 15 is 0 Å². The summed E-state index contributed by atoms with van der Waals surface area (Å²) in [6.45, 7) is 9.09. The SMILES string of the molecule is CC(C)CC(=O)N(CC(=O)N1CCn2cccc2C1c1cccc(F)c1)C(C)C. The van der Waals surface area contributed by atoms with Gasteiger partial charge in [-0.15, -0.1) is 0 Å². The zero-order valence-electron chi connectivity index (χ0n) is 17.6. The van der Waals surface area contributed by atoms with E-state index in [4.69, 9.17) is 0 Å². The zero-order valence-corrected chi connectivity index (χ0v) is 17.6. The molecule has 1 aliphatic heterocycles. The van der Waals surface area contributed by atoms with E-state index in [0.717, 1.165) is 11.3 Å².